The normalized spacial score (nSPS) is 21.5. The lowest BCUT2D eigenvalue weighted by Crippen LogP contribution is -2.52. The molecule has 2 aliphatic rings. The van der Waals surface area contributed by atoms with Gasteiger partial charge in [-0.25, -0.2) is 0 Å². The number of hydrogen-bond donors (Lipinski definition) is 2. The van der Waals surface area contributed by atoms with Gasteiger partial charge >= 0.3 is 0 Å². The van der Waals surface area contributed by atoms with Gasteiger partial charge in [-0.15, -0.1) is 0 Å². The third-order valence-corrected chi connectivity index (χ3v) is 15.5. The number of carbonyl (C=O) groups excluding carboxylic acids is 2. The summed E-state index contributed by atoms with van der Waals surface area (Å²) in [5.74, 6) is 1.61. The van der Waals surface area contributed by atoms with Crippen LogP contribution in [0.5, 0.6) is 11.5 Å². The van der Waals surface area contributed by atoms with Gasteiger partial charge in [0.2, 0.25) is 5.91 Å². The molecule has 2 N–H and O–H groups in total. The molecule has 5 atom stereocenters. The zero-order valence-corrected chi connectivity index (χ0v) is 31.3. The molecule has 8 nitrogen and oxygen atoms in total. The predicted octanol–water partition coefficient (Wildman–Crippen LogP) is 6.61. The molecule has 51 heavy (non-hydrogen) atoms. The van der Waals surface area contributed by atoms with Crippen molar-refractivity contribution in [3.05, 3.63) is 119 Å². The number of benzene rings is 4. The van der Waals surface area contributed by atoms with Gasteiger partial charge in [-0.1, -0.05) is 73.7 Å². The Labute approximate surface area is 302 Å². The Kier molecular flexibility index (Phi) is 11.3. The fraction of sp³-hybridized carbons (Fsp3) is 0.381. The van der Waals surface area contributed by atoms with E-state index in [1.54, 1.807) is 38.5 Å². The van der Waals surface area contributed by atoms with Crippen molar-refractivity contribution in [1.29, 1.82) is 0 Å². The molecule has 0 unspecified atom stereocenters. The molecule has 0 bridgehead atoms. The molecule has 0 spiro atoms. The van der Waals surface area contributed by atoms with Crippen molar-refractivity contribution in [2.75, 3.05) is 26.1 Å². The van der Waals surface area contributed by atoms with Crippen LogP contribution in [0.1, 0.15) is 46.8 Å². The number of ether oxygens (including phenoxy) is 3. The van der Waals surface area contributed by atoms with Gasteiger partial charge in [0.1, 0.15) is 11.5 Å². The van der Waals surface area contributed by atoms with Crippen molar-refractivity contribution in [3.63, 3.8) is 0 Å². The Morgan fingerprint density at radius 2 is 1.55 bits per heavy atom. The van der Waals surface area contributed by atoms with Crippen molar-refractivity contribution in [2.24, 2.45) is 5.92 Å². The van der Waals surface area contributed by atoms with E-state index >= 15 is 0 Å². The van der Waals surface area contributed by atoms with Crippen LogP contribution in [-0.4, -0.2) is 69.0 Å². The van der Waals surface area contributed by atoms with E-state index in [0.717, 1.165) is 35.4 Å². The standard InChI is InChI=1S/C42H50N2O6Si/c1-28-38(22-13-29-9-8-12-33(23-29)43-42(47)30-14-16-35(48-2)17-15-30)50-39(41(28)51(4,5)37-20-18-36(49-3)19-21-37)25-40(46)44-26-32-11-7-6-10-31(32)24-34(44)27-45/h6-12,14-21,23,28,34,38-39,41,45H,13,22,24-27H2,1-5H3,(H,43,47)/t28-,34+,38+,39-,41+/m1/s1. The number of aliphatic hydroxyl groups excluding tert-OH is 1. The van der Waals surface area contributed by atoms with Crippen LogP contribution in [0.3, 0.4) is 0 Å². The van der Waals surface area contributed by atoms with Crippen LogP contribution in [0.15, 0.2) is 97.1 Å². The largest absolute Gasteiger partial charge is 0.497 e. The molecular formula is C42H50N2O6Si. The van der Waals surface area contributed by atoms with E-state index in [1.807, 2.05) is 47.4 Å². The van der Waals surface area contributed by atoms with Crippen LogP contribution >= 0.6 is 0 Å². The fourth-order valence-corrected chi connectivity index (χ4v) is 12.3. The Bertz CT molecular complexity index is 1810. The summed E-state index contributed by atoms with van der Waals surface area (Å²) in [5.41, 5.74) is 4.94. The number of methoxy groups -OCH3 is 2. The summed E-state index contributed by atoms with van der Waals surface area (Å²) < 4.78 is 17.6. The first-order chi connectivity index (χ1) is 24.6. The predicted molar refractivity (Wildman–Crippen MR) is 204 cm³/mol. The maximum atomic E-state index is 14.2. The number of aryl methyl sites for hydroxylation is 1. The molecule has 2 heterocycles. The molecule has 6 rings (SSSR count). The minimum absolute atomic E-state index is 0.0336. The summed E-state index contributed by atoms with van der Waals surface area (Å²) in [7, 11) is 1.10. The molecule has 268 valence electrons. The van der Waals surface area contributed by atoms with Gasteiger partial charge in [0.25, 0.3) is 5.91 Å². The first-order valence-corrected chi connectivity index (χ1v) is 21.0. The van der Waals surface area contributed by atoms with Crippen LogP contribution in [0.4, 0.5) is 5.69 Å². The van der Waals surface area contributed by atoms with Crippen molar-refractivity contribution < 1.29 is 28.9 Å². The zero-order valence-electron chi connectivity index (χ0n) is 30.3. The van der Waals surface area contributed by atoms with Gasteiger partial charge in [0.15, 0.2) is 0 Å². The van der Waals surface area contributed by atoms with Gasteiger partial charge in [0, 0.05) is 17.8 Å². The van der Waals surface area contributed by atoms with Gasteiger partial charge < -0.3 is 29.5 Å². The second kappa shape index (κ2) is 15.8. The van der Waals surface area contributed by atoms with E-state index in [0.29, 0.717) is 24.3 Å². The second-order valence-corrected chi connectivity index (χ2v) is 19.2. The maximum Gasteiger partial charge on any atom is 0.255 e. The number of aliphatic hydroxyl groups is 1. The number of carbonyl (C=O) groups is 2. The molecule has 2 amide bonds. The van der Waals surface area contributed by atoms with Crippen LogP contribution in [0.25, 0.3) is 0 Å². The van der Waals surface area contributed by atoms with Gasteiger partial charge in [0.05, 0.1) is 53.6 Å². The average molecular weight is 707 g/mol. The minimum atomic E-state index is -2.18. The zero-order chi connectivity index (χ0) is 36.1. The lowest BCUT2D eigenvalue weighted by Gasteiger charge is -2.39. The number of nitrogens with one attached hydrogen (secondary N) is 1. The molecule has 0 aliphatic carbocycles. The van der Waals surface area contributed by atoms with Gasteiger partial charge in [-0.05, 0) is 95.9 Å². The first kappa shape index (κ1) is 36.4. The summed E-state index contributed by atoms with van der Waals surface area (Å²) >= 11 is 0. The highest BCUT2D eigenvalue weighted by molar-refractivity contribution is 6.91. The van der Waals surface area contributed by atoms with E-state index in [9.17, 15) is 14.7 Å². The number of nitrogens with zero attached hydrogens (tertiary/aromatic N) is 1. The third kappa shape index (κ3) is 8.06. The molecule has 0 radical (unpaired) electrons. The average Bonchev–Trinajstić information content (AvgIpc) is 3.47. The summed E-state index contributed by atoms with van der Waals surface area (Å²) in [4.78, 5) is 29.0. The minimum Gasteiger partial charge on any atom is -0.497 e. The van der Waals surface area contributed by atoms with E-state index in [-0.39, 0.29) is 54.6 Å². The summed E-state index contributed by atoms with van der Waals surface area (Å²) in [6.45, 7) is 7.50. The van der Waals surface area contributed by atoms with E-state index in [2.05, 4.69) is 55.7 Å². The van der Waals surface area contributed by atoms with Crippen molar-refractivity contribution in [1.82, 2.24) is 4.90 Å². The Hall–Kier alpha value is -4.44. The Balaban J connectivity index is 1.19. The van der Waals surface area contributed by atoms with Crippen molar-refractivity contribution in [2.45, 2.75) is 76.0 Å². The number of hydrogen-bond acceptors (Lipinski definition) is 6. The smallest absolute Gasteiger partial charge is 0.255 e. The summed E-state index contributed by atoms with van der Waals surface area (Å²) in [6, 6.07) is 31.4. The molecule has 0 saturated carbocycles. The molecule has 4 aromatic carbocycles. The highest BCUT2D eigenvalue weighted by Gasteiger charge is 2.51. The van der Waals surface area contributed by atoms with E-state index < -0.39 is 8.07 Å². The second-order valence-electron chi connectivity index (χ2n) is 14.5. The van der Waals surface area contributed by atoms with E-state index in [1.165, 1.54) is 10.8 Å². The third-order valence-electron chi connectivity index (χ3n) is 11.1. The molecular weight excluding hydrogens is 657 g/mol. The molecule has 0 aromatic heterocycles. The topological polar surface area (TPSA) is 97.3 Å². The quantitative estimate of drug-likeness (QED) is 0.161. The number of rotatable bonds is 12. The SMILES string of the molecule is COc1ccc(C(=O)Nc2cccc(CC[C@@H]3O[C@H](CC(=O)N4Cc5ccccc5C[C@H]4CO)[C@@H]([Si](C)(C)c4ccc(OC)cc4)[C@@H]3C)c2)cc1. The summed E-state index contributed by atoms with van der Waals surface area (Å²) in [6.07, 6.45) is 2.22. The van der Waals surface area contributed by atoms with Gasteiger partial charge in [-0.2, -0.15) is 0 Å². The highest BCUT2D eigenvalue weighted by Crippen LogP contribution is 2.47. The Morgan fingerprint density at radius 1 is 0.882 bits per heavy atom. The highest BCUT2D eigenvalue weighted by atomic mass is 28.3. The lowest BCUT2D eigenvalue weighted by molar-refractivity contribution is -0.138. The molecule has 4 aromatic rings. The van der Waals surface area contributed by atoms with Gasteiger partial charge in [-0.3, -0.25) is 9.59 Å². The first-order valence-electron chi connectivity index (χ1n) is 17.9. The fourth-order valence-electron chi connectivity index (χ4n) is 8.23. The maximum absolute atomic E-state index is 14.2. The molecule has 2 aliphatic heterocycles. The summed E-state index contributed by atoms with van der Waals surface area (Å²) in [5, 5.41) is 14.7. The molecule has 1 saturated heterocycles. The molecule has 1 fully saturated rings. The molecule has 9 heteroatoms. The van der Waals surface area contributed by atoms with Crippen LogP contribution in [0.2, 0.25) is 18.6 Å². The van der Waals surface area contributed by atoms with Crippen molar-refractivity contribution in [3.8, 4) is 11.5 Å². The van der Waals surface area contributed by atoms with E-state index in [4.69, 9.17) is 14.2 Å². The van der Waals surface area contributed by atoms with Crippen LogP contribution < -0.4 is 20.0 Å². The van der Waals surface area contributed by atoms with Crippen LogP contribution in [0, 0.1) is 5.92 Å². The lowest BCUT2D eigenvalue weighted by atomic mass is 9.93. The van der Waals surface area contributed by atoms with Crippen LogP contribution in [-0.2, 0) is 28.9 Å². The number of anilines is 1. The number of fused-ring (bicyclic) bond motifs is 1. The number of amides is 2. The monoisotopic (exact) mass is 706 g/mol. The van der Waals surface area contributed by atoms with Crippen molar-refractivity contribution >= 4 is 30.8 Å². The Morgan fingerprint density at radius 3 is 2.22 bits per heavy atom.